The van der Waals surface area contributed by atoms with Gasteiger partial charge in [0.1, 0.15) is 12.3 Å². The van der Waals surface area contributed by atoms with E-state index in [0.29, 0.717) is 38.1 Å². The standard InChI is InChI=1S/C13H18ClNO5/c1-17-4-5-18-6-7-19-8-9-20-13(16)12-10-11(14)2-3-15-12/h2-3,10H,4-9H2,1H3. The van der Waals surface area contributed by atoms with Gasteiger partial charge in [0, 0.05) is 18.3 Å². The van der Waals surface area contributed by atoms with Crippen LogP contribution in [0.3, 0.4) is 0 Å². The Hall–Kier alpha value is -1.21. The number of methoxy groups -OCH3 is 1. The number of esters is 1. The quantitative estimate of drug-likeness (QED) is 0.483. The highest BCUT2D eigenvalue weighted by atomic mass is 35.5. The average Bonchev–Trinajstić information content (AvgIpc) is 2.45. The number of nitrogens with zero attached hydrogens (tertiary/aromatic N) is 1. The van der Waals surface area contributed by atoms with E-state index in [0.717, 1.165) is 0 Å². The lowest BCUT2D eigenvalue weighted by Crippen LogP contribution is -2.14. The second kappa shape index (κ2) is 10.6. The molecule has 0 saturated heterocycles. The van der Waals surface area contributed by atoms with E-state index in [1.54, 1.807) is 13.2 Å². The minimum Gasteiger partial charge on any atom is -0.459 e. The van der Waals surface area contributed by atoms with Crippen LogP contribution in [-0.2, 0) is 18.9 Å². The van der Waals surface area contributed by atoms with E-state index >= 15 is 0 Å². The first kappa shape index (κ1) is 16.8. The van der Waals surface area contributed by atoms with E-state index in [1.807, 2.05) is 0 Å². The SMILES string of the molecule is COCCOCCOCCOC(=O)c1cc(Cl)ccn1. The highest BCUT2D eigenvalue weighted by molar-refractivity contribution is 6.30. The molecule has 0 saturated carbocycles. The van der Waals surface area contributed by atoms with Gasteiger partial charge in [0.05, 0.1) is 33.0 Å². The van der Waals surface area contributed by atoms with Crippen molar-refractivity contribution in [2.24, 2.45) is 0 Å². The van der Waals surface area contributed by atoms with Gasteiger partial charge in [-0.15, -0.1) is 0 Å². The van der Waals surface area contributed by atoms with Crippen LogP contribution in [0.4, 0.5) is 0 Å². The predicted molar refractivity (Wildman–Crippen MR) is 73.0 cm³/mol. The summed E-state index contributed by atoms with van der Waals surface area (Å²) in [5.41, 5.74) is 0.181. The Bertz CT molecular complexity index is 402. The highest BCUT2D eigenvalue weighted by Crippen LogP contribution is 2.08. The molecular formula is C13H18ClNO5. The zero-order valence-corrected chi connectivity index (χ0v) is 12.1. The molecule has 0 N–H and O–H groups in total. The third-order valence-corrected chi connectivity index (χ3v) is 2.43. The Morgan fingerprint density at radius 1 is 1.15 bits per heavy atom. The van der Waals surface area contributed by atoms with Crippen LogP contribution in [0, 0.1) is 0 Å². The van der Waals surface area contributed by atoms with Crippen LogP contribution in [0.25, 0.3) is 0 Å². The molecule has 112 valence electrons. The number of pyridine rings is 1. The minimum absolute atomic E-state index is 0.158. The molecule has 1 rings (SSSR count). The molecule has 1 aromatic heterocycles. The molecule has 0 unspecified atom stereocenters. The largest absolute Gasteiger partial charge is 0.459 e. The summed E-state index contributed by atoms with van der Waals surface area (Å²) in [6.07, 6.45) is 1.45. The molecule has 1 heterocycles. The lowest BCUT2D eigenvalue weighted by molar-refractivity contribution is 0.00549. The summed E-state index contributed by atoms with van der Waals surface area (Å²) < 4.78 is 20.2. The van der Waals surface area contributed by atoms with Crippen molar-refractivity contribution in [3.63, 3.8) is 0 Å². The molecule has 0 fully saturated rings. The fourth-order valence-electron chi connectivity index (χ4n) is 1.25. The fraction of sp³-hybridized carbons (Fsp3) is 0.538. The molecule has 20 heavy (non-hydrogen) atoms. The van der Waals surface area contributed by atoms with E-state index in [1.165, 1.54) is 12.3 Å². The van der Waals surface area contributed by atoms with E-state index in [-0.39, 0.29) is 12.3 Å². The molecule has 0 spiro atoms. The number of carbonyl (C=O) groups excluding carboxylic acids is 1. The third kappa shape index (κ3) is 7.40. The highest BCUT2D eigenvalue weighted by Gasteiger charge is 2.08. The number of hydrogen-bond donors (Lipinski definition) is 0. The molecule has 0 aromatic carbocycles. The Morgan fingerprint density at radius 2 is 1.80 bits per heavy atom. The van der Waals surface area contributed by atoms with Crippen molar-refractivity contribution in [3.8, 4) is 0 Å². The van der Waals surface area contributed by atoms with Crippen LogP contribution in [0.15, 0.2) is 18.3 Å². The lowest BCUT2D eigenvalue weighted by Gasteiger charge is -2.06. The summed E-state index contributed by atoms with van der Waals surface area (Å²) in [5.74, 6) is -0.521. The molecule has 6 nitrogen and oxygen atoms in total. The Kier molecular flexibility index (Phi) is 8.90. The summed E-state index contributed by atoms with van der Waals surface area (Å²) in [5, 5.41) is 0.441. The zero-order chi connectivity index (χ0) is 14.6. The first-order valence-electron chi connectivity index (χ1n) is 6.17. The van der Waals surface area contributed by atoms with Gasteiger partial charge < -0.3 is 18.9 Å². The zero-order valence-electron chi connectivity index (χ0n) is 11.3. The van der Waals surface area contributed by atoms with Crippen LogP contribution < -0.4 is 0 Å². The van der Waals surface area contributed by atoms with Crippen molar-refractivity contribution in [1.29, 1.82) is 0 Å². The molecule has 0 aliphatic carbocycles. The maximum atomic E-state index is 11.6. The van der Waals surface area contributed by atoms with Gasteiger partial charge in [-0.25, -0.2) is 9.78 Å². The van der Waals surface area contributed by atoms with Crippen molar-refractivity contribution in [1.82, 2.24) is 4.98 Å². The van der Waals surface area contributed by atoms with Gasteiger partial charge in [0.25, 0.3) is 0 Å². The van der Waals surface area contributed by atoms with Gasteiger partial charge >= 0.3 is 5.97 Å². The smallest absolute Gasteiger partial charge is 0.357 e. The molecule has 7 heteroatoms. The number of rotatable bonds is 10. The maximum Gasteiger partial charge on any atom is 0.357 e. The second-order valence-corrected chi connectivity index (χ2v) is 4.15. The molecule has 0 radical (unpaired) electrons. The summed E-state index contributed by atoms with van der Waals surface area (Å²) >= 11 is 5.75. The van der Waals surface area contributed by atoms with E-state index in [4.69, 9.17) is 30.5 Å². The van der Waals surface area contributed by atoms with Gasteiger partial charge in [-0.2, -0.15) is 0 Å². The van der Waals surface area contributed by atoms with E-state index < -0.39 is 5.97 Å². The maximum absolute atomic E-state index is 11.6. The van der Waals surface area contributed by atoms with Crippen LogP contribution in [0.5, 0.6) is 0 Å². The second-order valence-electron chi connectivity index (χ2n) is 3.71. The van der Waals surface area contributed by atoms with Crippen LogP contribution in [0.2, 0.25) is 5.02 Å². The van der Waals surface area contributed by atoms with E-state index in [2.05, 4.69) is 4.98 Å². The van der Waals surface area contributed by atoms with Crippen molar-refractivity contribution in [3.05, 3.63) is 29.0 Å². The van der Waals surface area contributed by atoms with Crippen LogP contribution in [0.1, 0.15) is 10.5 Å². The van der Waals surface area contributed by atoms with Gasteiger partial charge in [-0.3, -0.25) is 0 Å². The first-order valence-corrected chi connectivity index (χ1v) is 6.55. The van der Waals surface area contributed by atoms with E-state index in [9.17, 15) is 4.79 Å². The van der Waals surface area contributed by atoms with Crippen molar-refractivity contribution < 1.29 is 23.7 Å². The topological polar surface area (TPSA) is 66.9 Å². The molecule has 0 atom stereocenters. The summed E-state index contributed by atoms with van der Waals surface area (Å²) in [6, 6.07) is 3.04. The molecule has 1 aromatic rings. The summed E-state index contributed by atoms with van der Waals surface area (Å²) in [7, 11) is 1.61. The number of halogens is 1. The summed E-state index contributed by atoms with van der Waals surface area (Å²) in [4.78, 5) is 15.4. The molecule has 0 aliphatic heterocycles. The van der Waals surface area contributed by atoms with Gasteiger partial charge in [-0.1, -0.05) is 11.6 Å². The number of ether oxygens (including phenoxy) is 4. The Balaban J connectivity index is 2.02. The number of hydrogen-bond acceptors (Lipinski definition) is 6. The monoisotopic (exact) mass is 303 g/mol. The normalized spacial score (nSPS) is 10.5. The Morgan fingerprint density at radius 3 is 2.45 bits per heavy atom. The molecular weight excluding hydrogens is 286 g/mol. The van der Waals surface area contributed by atoms with Crippen LogP contribution in [-0.4, -0.2) is 57.7 Å². The van der Waals surface area contributed by atoms with Crippen molar-refractivity contribution in [2.45, 2.75) is 0 Å². The minimum atomic E-state index is -0.521. The fourth-order valence-corrected chi connectivity index (χ4v) is 1.41. The van der Waals surface area contributed by atoms with Crippen molar-refractivity contribution >= 4 is 17.6 Å². The van der Waals surface area contributed by atoms with Gasteiger partial charge in [0.15, 0.2) is 0 Å². The number of aromatic nitrogens is 1. The average molecular weight is 304 g/mol. The third-order valence-electron chi connectivity index (χ3n) is 2.20. The first-order chi connectivity index (χ1) is 9.74. The summed E-state index contributed by atoms with van der Waals surface area (Å²) in [6.45, 7) is 2.48. The number of carbonyl (C=O) groups is 1. The molecule has 0 amide bonds. The Labute approximate surface area is 122 Å². The van der Waals surface area contributed by atoms with Gasteiger partial charge in [-0.05, 0) is 12.1 Å². The van der Waals surface area contributed by atoms with Crippen molar-refractivity contribution in [2.75, 3.05) is 46.8 Å². The van der Waals surface area contributed by atoms with Crippen LogP contribution >= 0.6 is 11.6 Å². The molecule has 0 aliphatic rings. The predicted octanol–water partition coefficient (Wildman–Crippen LogP) is 1.57. The molecule has 0 bridgehead atoms. The van der Waals surface area contributed by atoms with Gasteiger partial charge in [0.2, 0.25) is 0 Å². The lowest BCUT2D eigenvalue weighted by atomic mass is 10.3.